The minimum Gasteiger partial charge on any atom is -0.494 e. The molecule has 0 unspecified atom stereocenters. The number of hydrogen-bond acceptors (Lipinski definition) is 6. The molecular weight excluding hydrogens is 777 g/mol. The number of carbonyl (C=O) groups excluding carboxylic acids is 2. The molecule has 3 aromatic carbocycles. The van der Waals surface area contributed by atoms with Crippen molar-refractivity contribution in [3.8, 4) is 16.9 Å². The van der Waals surface area contributed by atoms with Gasteiger partial charge in [0.15, 0.2) is 0 Å². The molecule has 58 heavy (non-hydrogen) atoms. The Morgan fingerprint density at radius 1 is 1.00 bits per heavy atom. The number of amides is 2. The van der Waals surface area contributed by atoms with Gasteiger partial charge < -0.3 is 34.1 Å². The van der Waals surface area contributed by atoms with Gasteiger partial charge in [-0.05, 0) is 109 Å². The van der Waals surface area contributed by atoms with Crippen molar-refractivity contribution in [1.82, 2.24) is 23.8 Å². The highest BCUT2D eigenvalue weighted by Crippen LogP contribution is 2.46. The summed E-state index contributed by atoms with van der Waals surface area (Å²) >= 11 is 13.6. The van der Waals surface area contributed by atoms with E-state index in [9.17, 15) is 14.7 Å². The molecule has 0 fully saturated rings. The minimum atomic E-state index is -1.11. The summed E-state index contributed by atoms with van der Waals surface area (Å²) < 4.78 is 11.9. The lowest BCUT2D eigenvalue weighted by Crippen LogP contribution is -2.43. The average Bonchev–Trinajstić information content (AvgIpc) is 3.77. The van der Waals surface area contributed by atoms with Crippen molar-refractivity contribution in [2.75, 3.05) is 44.0 Å². The highest BCUT2D eigenvalue weighted by molar-refractivity contribution is 6.35. The van der Waals surface area contributed by atoms with Crippen LogP contribution in [0.25, 0.3) is 32.9 Å². The maximum Gasteiger partial charge on any atom is 0.337 e. The van der Waals surface area contributed by atoms with Gasteiger partial charge in [-0.2, -0.15) is 5.10 Å². The Labute approximate surface area is 347 Å². The number of benzene rings is 3. The van der Waals surface area contributed by atoms with Crippen LogP contribution >= 0.6 is 23.2 Å². The number of nitrogens with zero attached hydrogens (tertiary/aromatic N) is 6. The summed E-state index contributed by atoms with van der Waals surface area (Å²) in [5.41, 5.74) is 9.21. The fraction of sp³-hybridized carbons (Fsp3) is 0.364. The lowest BCUT2D eigenvalue weighted by molar-refractivity contribution is -0.116. The third-order valence-electron chi connectivity index (χ3n) is 11.2. The quantitative estimate of drug-likeness (QED) is 0.118. The summed E-state index contributed by atoms with van der Waals surface area (Å²) in [5, 5.41) is 20.5. The van der Waals surface area contributed by atoms with Crippen LogP contribution in [0.15, 0.2) is 42.6 Å². The molecule has 6 aromatic rings. The molecule has 1 aliphatic rings. The number of aryl methyl sites for hydroxylation is 6. The Morgan fingerprint density at radius 3 is 2.34 bits per heavy atom. The molecule has 1 atom stereocenters. The van der Waals surface area contributed by atoms with Crippen LogP contribution in [-0.2, 0) is 25.3 Å². The molecule has 12 nitrogen and oxygen atoms in total. The Bertz CT molecular complexity index is 2630. The second-order valence-electron chi connectivity index (χ2n) is 15.7. The Balaban J connectivity index is 1.38. The molecule has 4 heterocycles. The summed E-state index contributed by atoms with van der Waals surface area (Å²) in [4.78, 5) is 44.6. The third-order valence-corrected chi connectivity index (χ3v) is 12.1. The molecule has 0 bridgehead atoms. The SMILES string of the molecule is Cc1cc(OCCCc2c3n(c4c(-c5c(C)nn(C)c5C)c(Cl)ccc24)[C@H](C)CN(c2cc(NC(=O)CCN(C)C)cc4c(C(=O)O)cn(C)c24)C3=O)cc(C)c1Cl. The Hall–Kier alpha value is -5.30. The lowest BCUT2D eigenvalue weighted by Gasteiger charge is -2.35. The van der Waals surface area contributed by atoms with Gasteiger partial charge in [-0.15, -0.1) is 0 Å². The van der Waals surface area contributed by atoms with E-state index in [4.69, 9.17) is 33.0 Å². The van der Waals surface area contributed by atoms with Crippen molar-refractivity contribution in [3.05, 3.63) is 92.0 Å². The molecule has 7 rings (SSSR count). The number of carboxylic acid groups (broad SMARTS) is 1. The molecule has 2 amide bonds. The molecular formula is C44H49Cl2N7O5. The second kappa shape index (κ2) is 15.8. The zero-order chi connectivity index (χ0) is 41.9. The largest absolute Gasteiger partial charge is 0.494 e. The highest BCUT2D eigenvalue weighted by atomic mass is 35.5. The van der Waals surface area contributed by atoms with E-state index < -0.39 is 5.97 Å². The van der Waals surface area contributed by atoms with Crippen LogP contribution < -0.4 is 15.0 Å². The molecule has 2 N–H and O–H groups in total. The van der Waals surface area contributed by atoms with Crippen LogP contribution in [0.4, 0.5) is 11.4 Å². The van der Waals surface area contributed by atoms with Gasteiger partial charge in [-0.3, -0.25) is 14.3 Å². The second-order valence-corrected chi connectivity index (χ2v) is 16.5. The molecule has 0 saturated carbocycles. The number of carboxylic acids is 1. The monoisotopic (exact) mass is 825 g/mol. The highest BCUT2D eigenvalue weighted by Gasteiger charge is 2.38. The predicted molar refractivity (Wildman–Crippen MR) is 231 cm³/mol. The fourth-order valence-corrected chi connectivity index (χ4v) is 8.81. The summed E-state index contributed by atoms with van der Waals surface area (Å²) in [5.74, 6) is -0.836. The first-order chi connectivity index (χ1) is 27.5. The van der Waals surface area contributed by atoms with Crippen molar-refractivity contribution in [1.29, 1.82) is 0 Å². The molecule has 1 aliphatic heterocycles. The van der Waals surface area contributed by atoms with E-state index in [1.807, 2.05) is 82.7 Å². The van der Waals surface area contributed by atoms with E-state index in [0.717, 1.165) is 55.9 Å². The van der Waals surface area contributed by atoms with E-state index in [2.05, 4.69) is 16.8 Å². The number of aromatic nitrogens is 4. The standard InChI is InChI=1S/C44H49Cl2N7O5/c1-23-17-29(18-24(2)39(23)46)58-16-10-11-30-31-12-13-34(45)38(37-26(4)48-51(9)27(37)5)41(31)53-25(3)21-52(43(55)42(30)53)35-20-28(47-36(54)14-15-49(6)7)19-32-33(44(56)57)22-50(8)40(32)35/h12-13,17-20,22,25H,10-11,14-16,21H2,1-9H3,(H,47,54)(H,56,57)/t25-/m1/s1. The molecule has 3 aromatic heterocycles. The molecule has 0 spiro atoms. The molecule has 14 heteroatoms. The number of halogens is 2. The predicted octanol–water partition coefficient (Wildman–Crippen LogP) is 8.90. The summed E-state index contributed by atoms with van der Waals surface area (Å²) in [6.45, 7) is 11.2. The van der Waals surface area contributed by atoms with Crippen molar-refractivity contribution in [2.45, 2.75) is 59.9 Å². The summed E-state index contributed by atoms with van der Waals surface area (Å²) in [6, 6.07) is 11.0. The zero-order valence-corrected chi connectivity index (χ0v) is 35.9. The normalized spacial score (nSPS) is 14.2. The zero-order valence-electron chi connectivity index (χ0n) is 34.4. The summed E-state index contributed by atoms with van der Waals surface area (Å²) in [6.07, 6.45) is 2.92. The number of carbonyl (C=O) groups is 3. The topological polar surface area (TPSA) is 127 Å². The third kappa shape index (κ3) is 7.22. The number of nitrogens with one attached hydrogen (secondary N) is 1. The van der Waals surface area contributed by atoms with E-state index in [1.54, 1.807) is 34.8 Å². The number of rotatable bonds is 12. The maximum absolute atomic E-state index is 15.4. The van der Waals surface area contributed by atoms with E-state index >= 15 is 4.79 Å². The number of hydrogen-bond donors (Lipinski definition) is 2. The van der Waals surface area contributed by atoms with E-state index in [-0.39, 0.29) is 36.4 Å². The number of fused-ring (bicyclic) bond motifs is 4. The molecule has 304 valence electrons. The Kier molecular flexibility index (Phi) is 11.1. The van der Waals surface area contributed by atoms with Crippen molar-refractivity contribution in [3.63, 3.8) is 0 Å². The summed E-state index contributed by atoms with van der Waals surface area (Å²) in [7, 11) is 7.46. The van der Waals surface area contributed by atoms with Crippen LogP contribution in [0.2, 0.25) is 10.0 Å². The van der Waals surface area contributed by atoms with Crippen molar-refractivity contribution < 1.29 is 24.2 Å². The Morgan fingerprint density at radius 2 is 1.71 bits per heavy atom. The number of anilines is 2. The van der Waals surface area contributed by atoms with Crippen LogP contribution in [0.5, 0.6) is 5.75 Å². The molecule has 0 aliphatic carbocycles. The number of aromatic carboxylic acids is 1. The van der Waals surface area contributed by atoms with Gasteiger partial charge in [-0.1, -0.05) is 29.3 Å². The van der Waals surface area contributed by atoms with Crippen LogP contribution in [0, 0.1) is 27.7 Å². The van der Waals surface area contributed by atoms with Gasteiger partial charge in [-0.25, -0.2) is 4.79 Å². The van der Waals surface area contributed by atoms with Crippen molar-refractivity contribution in [2.24, 2.45) is 14.1 Å². The first-order valence-electron chi connectivity index (χ1n) is 19.4. The average molecular weight is 827 g/mol. The number of ether oxygens (including phenoxy) is 1. The van der Waals surface area contributed by atoms with Gasteiger partial charge in [0.25, 0.3) is 5.91 Å². The smallest absolute Gasteiger partial charge is 0.337 e. The first kappa shape index (κ1) is 40.9. The van der Waals surface area contributed by atoms with Crippen LogP contribution in [0.3, 0.4) is 0 Å². The van der Waals surface area contributed by atoms with Gasteiger partial charge in [0.1, 0.15) is 11.4 Å². The van der Waals surface area contributed by atoms with E-state index in [0.29, 0.717) is 64.0 Å². The van der Waals surface area contributed by atoms with Gasteiger partial charge in [0, 0.05) is 84.1 Å². The van der Waals surface area contributed by atoms with E-state index in [1.165, 1.54) is 0 Å². The van der Waals surface area contributed by atoms with Crippen LogP contribution in [0.1, 0.15) is 74.7 Å². The lowest BCUT2D eigenvalue weighted by atomic mass is 9.98. The molecule has 0 radical (unpaired) electrons. The van der Waals surface area contributed by atoms with Gasteiger partial charge in [0.2, 0.25) is 5.91 Å². The molecule has 0 saturated heterocycles. The fourth-order valence-electron chi connectivity index (χ4n) is 8.46. The maximum atomic E-state index is 15.4. The van der Waals surface area contributed by atoms with Gasteiger partial charge >= 0.3 is 5.97 Å². The van der Waals surface area contributed by atoms with Crippen molar-refractivity contribution >= 4 is 74.2 Å². The first-order valence-corrected chi connectivity index (χ1v) is 20.1. The van der Waals surface area contributed by atoms with Crippen LogP contribution in [-0.4, -0.2) is 80.5 Å². The van der Waals surface area contributed by atoms with Gasteiger partial charge in [0.05, 0.1) is 39.6 Å². The minimum absolute atomic E-state index is 0.0722.